The van der Waals surface area contributed by atoms with Gasteiger partial charge >= 0.3 is 48.6 Å². The predicted molar refractivity (Wildman–Crippen MR) is 519 cm³/mol. The van der Waals surface area contributed by atoms with Crippen molar-refractivity contribution in [3.05, 3.63) is 267 Å². The summed E-state index contributed by atoms with van der Waals surface area (Å²) in [5, 5.41) is 46.1. The number of fused-ring (bicyclic) bond motifs is 7. The molecule has 43 heteroatoms. The van der Waals surface area contributed by atoms with E-state index in [-0.39, 0.29) is 125 Å². The van der Waals surface area contributed by atoms with Gasteiger partial charge in [0.15, 0.2) is 45.3 Å². The number of ketones is 3. The normalized spacial score (nSPS) is 12.0. The van der Waals surface area contributed by atoms with Gasteiger partial charge in [0.05, 0.1) is 88.1 Å². The Labute approximate surface area is 842 Å². The van der Waals surface area contributed by atoms with Gasteiger partial charge in [-0.05, 0) is 218 Å². The monoisotopic (exact) mass is 2110 g/mol. The van der Waals surface area contributed by atoms with E-state index in [1.165, 1.54) is 122 Å². The van der Waals surface area contributed by atoms with E-state index in [1.807, 2.05) is 81.4 Å². The van der Waals surface area contributed by atoms with Gasteiger partial charge in [0.2, 0.25) is 0 Å². The van der Waals surface area contributed by atoms with Crippen LogP contribution in [0.2, 0.25) is 10.0 Å². The second-order valence-corrected chi connectivity index (χ2v) is 35.5. The zero-order valence-corrected chi connectivity index (χ0v) is 81.3. The van der Waals surface area contributed by atoms with E-state index < -0.39 is 93.9 Å². The molecule has 0 radical (unpaired) electrons. The molecule has 9 aromatic carbocycles. The van der Waals surface area contributed by atoms with Crippen molar-refractivity contribution in [1.29, 1.82) is 0 Å². The number of rotatable bonds is 40. The van der Waals surface area contributed by atoms with Crippen molar-refractivity contribution in [2.24, 2.45) is 0 Å². The van der Waals surface area contributed by atoms with Crippen molar-refractivity contribution in [2.45, 2.75) is 162 Å². The number of carboxylic acids is 4. The van der Waals surface area contributed by atoms with Crippen LogP contribution < -0.4 is 37.9 Å². The first-order valence-corrected chi connectivity index (χ1v) is 46.6. The van der Waals surface area contributed by atoms with Crippen molar-refractivity contribution in [3.8, 4) is 46.0 Å². The highest BCUT2D eigenvalue weighted by molar-refractivity contribution is 6.39. The summed E-state index contributed by atoms with van der Waals surface area (Å²) in [6.45, 7) is 12.5. The number of carboxylic acid groups (broad SMARTS) is 4. The minimum atomic E-state index is -5.15. The lowest BCUT2D eigenvalue weighted by Gasteiger charge is -2.21. The van der Waals surface area contributed by atoms with Crippen LogP contribution in [0, 0.1) is 12.7 Å². The maximum Gasteiger partial charge on any atom is 0.454 e. The molecular weight excluding hydrogens is 2010 g/mol. The number of carbonyl (C=O) groups is 7. The van der Waals surface area contributed by atoms with Gasteiger partial charge in [0.25, 0.3) is 11.6 Å². The Balaban J connectivity index is 0.000000166. The third-order valence-corrected chi connectivity index (χ3v) is 23.6. The zero-order chi connectivity index (χ0) is 107. The lowest BCUT2D eigenvalue weighted by molar-refractivity contribution is -0.152. The Hall–Kier alpha value is -15.6. The SMILES string of the molecule is CCCc1c(OCCCn2cc(C(=O)C(F)(F)F)c3cc(OC(C)(C)C(=O)O)ccc32)ccc2c(C(F)(F)F)noc12.CCCc1c(OCCCn2cc(C(=O)C(F)(F)F)c3ccc(OC(C)(C)C(=O)O)cc32)ccc2c(C(F)(F)F)noc12.Cc1ccc2c(Cl)cc(Cl)c(OCCCOc3cccc4c3ccn4CC(=O)O)c2n1.O=C(O)Cn1ccc2c(OCCCOc3ccc(C(=O)c4ccc(F)cc4)cc3)cccc21. The minimum absolute atomic E-state index is 0.000182. The molecule has 16 rings (SSSR count). The van der Waals surface area contributed by atoms with Gasteiger partial charge in [-0.15, -0.1) is 0 Å². The molecule has 0 bridgehead atoms. The Bertz CT molecular complexity index is 7570. The molecule has 0 saturated carbocycles. The van der Waals surface area contributed by atoms with Crippen LogP contribution in [0.3, 0.4) is 0 Å². The number of Topliss-reactive ketones (excluding diaryl/α,β-unsaturated/α-hetero) is 2. The number of benzene rings is 9. The van der Waals surface area contributed by atoms with Crippen molar-refractivity contribution in [2.75, 3.05) is 39.6 Å². The smallest absolute Gasteiger partial charge is 0.454 e. The number of alkyl halides is 12. The molecule has 0 fully saturated rings. The average Bonchev–Trinajstić information content (AvgIpc) is 1.76. The number of aromatic nitrogens is 7. The van der Waals surface area contributed by atoms with Gasteiger partial charge in [0, 0.05) is 117 Å². The van der Waals surface area contributed by atoms with Gasteiger partial charge in [-0.25, -0.2) is 19.0 Å². The number of nitrogens with zero attached hydrogens (tertiary/aromatic N) is 7. The summed E-state index contributed by atoms with van der Waals surface area (Å²) < 4.78 is 235. The first kappa shape index (κ1) is 110. The fourth-order valence-electron chi connectivity index (χ4n) is 15.9. The molecule has 7 heterocycles. The summed E-state index contributed by atoms with van der Waals surface area (Å²) in [6.07, 6.45) is -10.5. The Morgan fingerprint density at radius 1 is 0.405 bits per heavy atom. The van der Waals surface area contributed by atoms with E-state index in [1.54, 1.807) is 51.9 Å². The summed E-state index contributed by atoms with van der Waals surface area (Å²) in [6, 6.07) is 45.7. The number of halogens is 15. The highest BCUT2D eigenvalue weighted by Crippen LogP contribution is 2.44. The van der Waals surface area contributed by atoms with E-state index >= 15 is 0 Å². The quantitative estimate of drug-likeness (QED) is 0.0157. The zero-order valence-electron chi connectivity index (χ0n) is 79.8. The molecule has 0 aliphatic heterocycles. The van der Waals surface area contributed by atoms with Crippen LogP contribution in [0.25, 0.3) is 76.5 Å². The van der Waals surface area contributed by atoms with Crippen LogP contribution in [0.4, 0.5) is 57.1 Å². The van der Waals surface area contributed by atoms with Crippen molar-refractivity contribution < 1.29 is 158 Å². The fourth-order valence-corrected chi connectivity index (χ4v) is 16.5. The van der Waals surface area contributed by atoms with Gasteiger partial charge in [-0.2, -0.15) is 52.7 Å². The molecule has 0 saturated heterocycles. The number of pyridine rings is 1. The first-order valence-electron chi connectivity index (χ1n) is 45.9. The predicted octanol–water partition coefficient (Wildman–Crippen LogP) is 25.1. The van der Waals surface area contributed by atoms with E-state index in [0.717, 1.165) is 45.3 Å². The van der Waals surface area contributed by atoms with E-state index in [9.17, 15) is 101 Å². The van der Waals surface area contributed by atoms with Gasteiger partial charge in [-0.3, -0.25) is 24.0 Å². The maximum absolute atomic E-state index is 13.4. The second-order valence-electron chi connectivity index (χ2n) is 34.7. The largest absolute Gasteiger partial charge is 0.493 e. The molecule has 0 amide bonds. The third-order valence-electron chi connectivity index (χ3n) is 23.0. The number of carbonyl (C=O) groups excluding carboxylic acids is 3. The third kappa shape index (κ3) is 26.5. The minimum Gasteiger partial charge on any atom is -0.493 e. The molecule has 0 spiro atoms. The van der Waals surface area contributed by atoms with Crippen molar-refractivity contribution in [3.63, 3.8) is 0 Å². The first-order chi connectivity index (χ1) is 70.0. The number of hydrogen-bond donors (Lipinski definition) is 4. The highest BCUT2D eigenvalue weighted by atomic mass is 35.5. The maximum atomic E-state index is 13.4. The van der Waals surface area contributed by atoms with E-state index in [4.69, 9.17) is 80.4 Å². The van der Waals surface area contributed by atoms with Gasteiger partial charge in [-0.1, -0.05) is 72.3 Å². The number of ether oxygens (including phenoxy) is 8. The van der Waals surface area contributed by atoms with Crippen molar-refractivity contribution in [1.82, 2.24) is 33.6 Å². The molecule has 780 valence electrons. The number of hydrogen-bond acceptors (Lipinski definition) is 20. The summed E-state index contributed by atoms with van der Waals surface area (Å²) >= 11 is 12.6. The standard InChI is InChI=1S/2C28H26F6N2O6.C26H22FNO5.C23H20Cl2N2O4/c1-4-6-16-21(10-8-17-22(16)42-35-23(17)27(29,30)31)40-12-5-11-36-14-19(24(37)28(32,33)34)18-13-15(7-9-20(18)36)41-26(2,3)25(38)39;1-4-6-17-21(10-9-18-22(17)42-35-23(18)27(29,30)31)40-12-5-11-36-14-19(24(37)28(32,33)34)16-8-7-15(13-20(16)36)41-26(2,3)25(38)39;27-20-9-5-18(6-10-20)26(31)19-7-11-21(12-8-19)32-15-2-16-33-24-4-1-3-23-22(24)13-14-28(23)17-25(29)30;1-14-6-7-15-17(24)12-18(25)23(22(15)26-14)31-11-3-10-30-20-5-2-4-19-16(20)8-9-27(19)13-21(28)29/h2*7-10,13-14H,4-6,11-12H2,1-3H3,(H,38,39);1,3-14H,2,15-17H2,(H,29,30);2,4-9,12H,3,10-11,13H2,1H3,(H,28,29). The Morgan fingerprint density at radius 2 is 0.818 bits per heavy atom. The van der Waals surface area contributed by atoms with Crippen LogP contribution in [0.1, 0.15) is 145 Å². The molecule has 0 aliphatic rings. The van der Waals surface area contributed by atoms with Crippen molar-refractivity contribution >= 4 is 141 Å². The molecule has 0 atom stereocenters. The molecule has 148 heavy (non-hydrogen) atoms. The van der Waals surface area contributed by atoms with Crippen LogP contribution in [-0.2, 0) is 70.6 Å². The Kier molecular flexibility index (Phi) is 34.4. The second kappa shape index (κ2) is 46.4. The van der Waals surface area contributed by atoms with E-state index in [2.05, 4.69) is 15.3 Å². The summed E-state index contributed by atoms with van der Waals surface area (Å²) in [5.74, 6) is -5.85. The van der Waals surface area contributed by atoms with Crippen LogP contribution in [-0.4, -0.2) is 158 Å². The van der Waals surface area contributed by atoms with Gasteiger partial charge < -0.3 is 85.6 Å². The number of aliphatic carboxylic acids is 4. The number of aryl methyl sites for hydroxylation is 5. The molecule has 0 unspecified atom stereocenters. The molecule has 16 aromatic rings. The lowest BCUT2D eigenvalue weighted by atomic mass is 10.0. The Morgan fingerprint density at radius 3 is 1.28 bits per heavy atom. The molecule has 28 nitrogen and oxygen atoms in total. The lowest BCUT2D eigenvalue weighted by Crippen LogP contribution is -2.37. The highest BCUT2D eigenvalue weighted by Gasteiger charge is 2.44. The van der Waals surface area contributed by atoms with Crippen LogP contribution >= 0.6 is 23.2 Å². The van der Waals surface area contributed by atoms with Crippen LogP contribution in [0.15, 0.2) is 210 Å². The van der Waals surface area contributed by atoms with Crippen LogP contribution in [0.5, 0.6) is 46.0 Å². The molecular formula is C105H94Cl2F13N7O21. The summed E-state index contributed by atoms with van der Waals surface area (Å²) in [5.41, 5.74) is -1.51. The topological polar surface area (TPSA) is 359 Å². The average molecular weight is 2110 g/mol. The molecule has 7 aromatic heterocycles. The summed E-state index contributed by atoms with van der Waals surface area (Å²) in [4.78, 5) is 86.2. The van der Waals surface area contributed by atoms with Gasteiger partial charge in [0.1, 0.15) is 64.7 Å². The summed E-state index contributed by atoms with van der Waals surface area (Å²) in [7, 11) is 0. The fraction of sp³-hybridized carbons (Fsp3) is 0.295. The molecule has 0 aliphatic carbocycles. The van der Waals surface area contributed by atoms with E-state index in [0.29, 0.717) is 132 Å². The molecule has 4 N–H and O–H groups in total.